The van der Waals surface area contributed by atoms with Crippen molar-refractivity contribution < 1.29 is 23.4 Å². The second-order valence-corrected chi connectivity index (χ2v) is 10.8. The summed E-state index contributed by atoms with van der Waals surface area (Å²) in [5.74, 6) is -2.93. The number of carboxylic acids is 1. The molecule has 0 spiro atoms. The van der Waals surface area contributed by atoms with Crippen LogP contribution < -0.4 is 0 Å². The average Bonchev–Trinajstić information content (AvgIpc) is 3.45. The number of aryl methyl sites for hydroxylation is 1. The predicted molar refractivity (Wildman–Crippen MR) is 140 cm³/mol. The number of nitrogens with zero attached hydrogens (tertiary/aromatic N) is 3. The van der Waals surface area contributed by atoms with Crippen LogP contribution in [0.4, 0.5) is 8.78 Å². The molecule has 2 aromatic carbocycles. The van der Waals surface area contributed by atoms with Gasteiger partial charge in [0.05, 0.1) is 21.3 Å². The number of aliphatic carboxylic acids is 1. The first-order valence-electron chi connectivity index (χ1n) is 11.7. The zero-order valence-corrected chi connectivity index (χ0v) is 21.6. The van der Waals surface area contributed by atoms with Gasteiger partial charge in [0.15, 0.2) is 17.7 Å². The van der Waals surface area contributed by atoms with Crippen molar-refractivity contribution in [1.29, 1.82) is 0 Å². The fraction of sp³-hybridized carbons (Fsp3) is 0.250. The van der Waals surface area contributed by atoms with Gasteiger partial charge in [-0.25, -0.2) is 23.5 Å². The van der Waals surface area contributed by atoms with Crippen molar-refractivity contribution in [3.8, 4) is 11.1 Å². The Kier molecular flexibility index (Phi) is 6.29. The summed E-state index contributed by atoms with van der Waals surface area (Å²) < 4.78 is 36.2. The van der Waals surface area contributed by atoms with Gasteiger partial charge in [-0.1, -0.05) is 12.1 Å². The van der Waals surface area contributed by atoms with Crippen LogP contribution in [0.2, 0.25) is 0 Å². The molecule has 0 radical (unpaired) electrons. The maximum Gasteiger partial charge on any atom is 0.337 e. The second kappa shape index (κ2) is 9.32. The molecule has 37 heavy (non-hydrogen) atoms. The standard InChI is InChI=1S/C28H25F2N3O3S/c1-15-23(25(27(34)35)36-28(2,3)4)24(17-6-8-21-22(12-17)37-14-31-21)18-9-10-33(26(18)32-15)13-16-5-7-19(29)20(30)11-16/h5-12,14,25H,13H2,1-4H3,(H,34,35)/t25-/m0/s1. The number of hydrogen-bond donors (Lipinski definition) is 1. The van der Waals surface area contributed by atoms with E-state index in [4.69, 9.17) is 9.72 Å². The van der Waals surface area contributed by atoms with Crippen molar-refractivity contribution >= 4 is 38.6 Å². The molecule has 1 N–H and O–H groups in total. The fourth-order valence-electron chi connectivity index (χ4n) is 4.52. The molecule has 190 valence electrons. The molecule has 0 saturated heterocycles. The van der Waals surface area contributed by atoms with Crippen LogP contribution in [0.15, 0.2) is 54.2 Å². The molecular formula is C28H25F2N3O3S. The molecule has 3 heterocycles. The van der Waals surface area contributed by atoms with Crippen molar-refractivity contribution in [2.24, 2.45) is 0 Å². The molecule has 0 aliphatic heterocycles. The summed E-state index contributed by atoms with van der Waals surface area (Å²) in [7, 11) is 0. The Labute approximate surface area is 216 Å². The van der Waals surface area contributed by atoms with E-state index < -0.39 is 29.3 Å². The predicted octanol–water partition coefficient (Wildman–Crippen LogP) is 6.89. The highest BCUT2D eigenvalue weighted by Gasteiger charge is 2.32. The van der Waals surface area contributed by atoms with E-state index in [-0.39, 0.29) is 6.54 Å². The Morgan fingerprint density at radius 3 is 2.62 bits per heavy atom. The maximum atomic E-state index is 13.9. The van der Waals surface area contributed by atoms with Crippen molar-refractivity contribution in [2.75, 3.05) is 0 Å². The minimum absolute atomic E-state index is 0.265. The third-order valence-electron chi connectivity index (χ3n) is 6.05. The minimum atomic E-state index is -1.25. The lowest BCUT2D eigenvalue weighted by Gasteiger charge is -2.28. The monoisotopic (exact) mass is 521 g/mol. The van der Waals surface area contributed by atoms with E-state index in [0.717, 1.165) is 27.2 Å². The molecule has 0 amide bonds. The van der Waals surface area contributed by atoms with Gasteiger partial charge < -0.3 is 14.4 Å². The lowest BCUT2D eigenvalue weighted by Crippen LogP contribution is -2.28. The highest BCUT2D eigenvalue weighted by atomic mass is 32.1. The fourth-order valence-corrected chi connectivity index (χ4v) is 5.24. The summed E-state index contributed by atoms with van der Waals surface area (Å²) in [4.78, 5) is 21.6. The van der Waals surface area contributed by atoms with E-state index in [1.807, 2.05) is 55.8 Å². The normalized spacial score (nSPS) is 12.9. The summed E-state index contributed by atoms with van der Waals surface area (Å²) in [6, 6.07) is 11.5. The summed E-state index contributed by atoms with van der Waals surface area (Å²) in [5, 5.41) is 10.9. The molecule has 0 fully saturated rings. The van der Waals surface area contributed by atoms with Crippen LogP contribution in [0.5, 0.6) is 0 Å². The second-order valence-electron chi connectivity index (χ2n) is 9.90. The molecule has 5 aromatic rings. The first-order valence-corrected chi connectivity index (χ1v) is 12.6. The van der Waals surface area contributed by atoms with Crippen LogP contribution in [0.1, 0.15) is 43.7 Å². The molecule has 3 aromatic heterocycles. The Bertz CT molecular complexity index is 1650. The van der Waals surface area contributed by atoms with E-state index in [2.05, 4.69) is 4.98 Å². The zero-order chi connectivity index (χ0) is 26.5. The van der Waals surface area contributed by atoms with Crippen LogP contribution in [-0.4, -0.2) is 31.2 Å². The van der Waals surface area contributed by atoms with Gasteiger partial charge in [-0.2, -0.15) is 0 Å². The molecule has 1 atom stereocenters. The number of carbonyl (C=O) groups is 1. The zero-order valence-electron chi connectivity index (χ0n) is 20.8. The molecular weight excluding hydrogens is 496 g/mol. The summed E-state index contributed by atoms with van der Waals surface area (Å²) in [5.41, 5.74) is 5.59. The number of ether oxygens (including phenoxy) is 1. The van der Waals surface area contributed by atoms with Gasteiger partial charge >= 0.3 is 5.97 Å². The number of hydrogen-bond acceptors (Lipinski definition) is 5. The largest absolute Gasteiger partial charge is 0.479 e. The van der Waals surface area contributed by atoms with E-state index in [1.54, 1.807) is 12.4 Å². The number of pyridine rings is 1. The Morgan fingerprint density at radius 2 is 1.92 bits per heavy atom. The van der Waals surface area contributed by atoms with Gasteiger partial charge in [-0.15, -0.1) is 11.3 Å². The topological polar surface area (TPSA) is 77.2 Å². The highest BCUT2D eigenvalue weighted by Crippen LogP contribution is 2.41. The third kappa shape index (κ3) is 4.84. The first kappa shape index (κ1) is 25.0. The van der Waals surface area contributed by atoms with Gasteiger partial charge in [0, 0.05) is 34.9 Å². The van der Waals surface area contributed by atoms with Crippen LogP contribution in [-0.2, 0) is 16.1 Å². The molecule has 0 saturated carbocycles. The summed E-state index contributed by atoms with van der Waals surface area (Å²) >= 11 is 1.50. The van der Waals surface area contributed by atoms with Crippen molar-refractivity contribution in [2.45, 2.75) is 45.9 Å². The number of halogens is 2. The Morgan fingerprint density at radius 1 is 1.14 bits per heavy atom. The Balaban J connectivity index is 1.75. The number of carboxylic acid groups (broad SMARTS) is 1. The minimum Gasteiger partial charge on any atom is -0.479 e. The highest BCUT2D eigenvalue weighted by molar-refractivity contribution is 7.16. The van der Waals surface area contributed by atoms with Crippen molar-refractivity contribution in [3.63, 3.8) is 0 Å². The van der Waals surface area contributed by atoms with Gasteiger partial charge in [0.2, 0.25) is 0 Å². The first-order chi connectivity index (χ1) is 17.5. The molecule has 0 aliphatic rings. The van der Waals surface area contributed by atoms with E-state index in [0.29, 0.717) is 28.0 Å². The van der Waals surface area contributed by atoms with Crippen LogP contribution >= 0.6 is 11.3 Å². The lowest BCUT2D eigenvalue weighted by atomic mass is 9.92. The molecule has 6 nitrogen and oxygen atoms in total. The van der Waals surface area contributed by atoms with Crippen LogP contribution in [0, 0.1) is 18.6 Å². The molecule has 9 heteroatoms. The molecule has 0 bridgehead atoms. The SMILES string of the molecule is Cc1nc2c(ccn2Cc2ccc(F)c(F)c2)c(-c2ccc3ncsc3c2)c1[C@H](OC(C)(C)C)C(=O)O. The number of thiazole rings is 1. The average molecular weight is 522 g/mol. The smallest absolute Gasteiger partial charge is 0.337 e. The van der Waals surface area contributed by atoms with E-state index in [9.17, 15) is 18.7 Å². The van der Waals surface area contributed by atoms with E-state index in [1.165, 1.54) is 23.5 Å². The number of benzene rings is 2. The Hall–Kier alpha value is -3.69. The van der Waals surface area contributed by atoms with E-state index >= 15 is 0 Å². The summed E-state index contributed by atoms with van der Waals surface area (Å²) in [6.07, 6.45) is 0.565. The third-order valence-corrected chi connectivity index (χ3v) is 6.84. The van der Waals surface area contributed by atoms with Crippen molar-refractivity contribution in [1.82, 2.24) is 14.5 Å². The van der Waals surface area contributed by atoms with Crippen LogP contribution in [0.3, 0.4) is 0 Å². The molecule has 0 aliphatic carbocycles. The number of rotatable bonds is 6. The number of aromatic nitrogens is 3. The van der Waals surface area contributed by atoms with Crippen LogP contribution in [0.25, 0.3) is 32.4 Å². The van der Waals surface area contributed by atoms with Crippen molar-refractivity contribution in [3.05, 3.63) is 82.6 Å². The lowest BCUT2D eigenvalue weighted by molar-refractivity contribution is -0.160. The van der Waals surface area contributed by atoms with Gasteiger partial charge in [-0.3, -0.25) is 0 Å². The van der Waals surface area contributed by atoms with Gasteiger partial charge in [-0.05, 0) is 69.2 Å². The quantitative estimate of drug-likeness (QED) is 0.263. The molecule has 5 rings (SSSR count). The maximum absolute atomic E-state index is 13.9. The number of fused-ring (bicyclic) bond motifs is 2. The van der Waals surface area contributed by atoms with Gasteiger partial charge in [0.1, 0.15) is 5.65 Å². The summed E-state index contributed by atoms with van der Waals surface area (Å²) in [6.45, 7) is 7.46. The molecule has 0 unspecified atom stereocenters. The van der Waals surface area contributed by atoms with Gasteiger partial charge in [0.25, 0.3) is 0 Å².